The van der Waals surface area contributed by atoms with Gasteiger partial charge >= 0.3 is 0 Å². The molecule has 0 aromatic carbocycles. The lowest BCUT2D eigenvalue weighted by Gasteiger charge is -2.25. The van der Waals surface area contributed by atoms with Gasteiger partial charge in [0, 0.05) is 12.1 Å². The number of aliphatic hydroxyl groups excluding tert-OH is 1. The van der Waals surface area contributed by atoms with Crippen LogP contribution in [0.1, 0.15) is 33.1 Å². The number of rotatable bonds is 4. The van der Waals surface area contributed by atoms with Gasteiger partial charge < -0.3 is 16.2 Å². The summed E-state index contributed by atoms with van der Waals surface area (Å²) in [5, 5.41) is 11.9. The molecule has 0 atom stereocenters. The summed E-state index contributed by atoms with van der Waals surface area (Å²) in [6.45, 7) is 4.16. The SMILES string of the molecule is CC(C)(CCO)NC(N)=NC1CC1. The fraction of sp³-hybridized carbons (Fsp3) is 0.889. The standard InChI is InChI=1S/C9H19N3O/c1-9(2,5-6-13)12-8(10)11-7-3-4-7/h7,13H,3-6H2,1-2H3,(H3,10,11,12). The van der Waals surface area contributed by atoms with Crippen molar-refractivity contribution in [2.45, 2.75) is 44.7 Å². The van der Waals surface area contributed by atoms with Crippen LogP contribution < -0.4 is 11.1 Å². The van der Waals surface area contributed by atoms with Crippen molar-refractivity contribution >= 4 is 5.96 Å². The minimum Gasteiger partial charge on any atom is -0.396 e. The average Bonchev–Trinajstić information content (AvgIpc) is 2.68. The molecule has 0 saturated heterocycles. The lowest BCUT2D eigenvalue weighted by molar-refractivity contribution is 0.244. The second-order valence-corrected chi connectivity index (χ2v) is 4.23. The number of hydrogen-bond acceptors (Lipinski definition) is 2. The molecule has 0 aliphatic heterocycles. The maximum atomic E-state index is 8.79. The second-order valence-electron chi connectivity index (χ2n) is 4.23. The molecule has 13 heavy (non-hydrogen) atoms. The maximum Gasteiger partial charge on any atom is 0.189 e. The summed E-state index contributed by atoms with van der Waals surface area (Å²) in [6, 6.07) is 0.442. The highest BCUT2D eigenvalue weighted by Crippen LogP contribution is 2.23. The number of nitrogens with two attached hydrogens (primary N) is 1. The molecule has 4 heteroatoms. The van der Waals surface area contributed by atoms with E-state index in [1.807, 2.05) is 13.8 Å². The van der Waals surface area contributed by atoms with Crippen LogP contribution in [0.15, 0.2) is 4.99 Å². The zero-order valence-electron chi connectivity index (χ0n) is 8.38. The van der Waals surface area contributed by atoms with Gasteiger partial charge in [-0.25, -0.2) is 0 Å². The molecule has 76 valence electrons. The molecule has 1 aliphatic carbocycles. The Hall–Kier alpha value is -0.770. The highest BCUT2D eigenvalue weighted by Gasteiger charge is 2.22. The van der Waals surface area contributed by atoms with Crippen molar-refractivity contribution in [3.8, 4) is 0 Å². The first kappa shape index (κ1) is 10.3. The number of hydrogen-bond donors (Lipinski definition) is 3. The predicted molar refractivity (Wildman–Crippen MR) is 53.6 cm³/mol. The third-order valence-corrected chi connectivity index (χ3v) is 2.07. The third-order valence-electron chi connectivity index (χ3n) is 2.07. The zero-order valence-corrected chi connectivity index (χ0v) is 8.38. The van der Waals surface area contributed by atoms with E-state index in [1.54, 1.807) is 0 Å². The molecule has 0 heterocycles. The summed E-state index contributed by atoms with van der Waals surface area (Å²) in [7, 11) is 0. The van der Waals surface area contributed by atoms with E-state index in [0.29, 0.717) is 18.4 Å². The normalized spacial score (nSPS) is 18.8. The van der Waals surface area contributed by atoms with Crippen LogP contribution in [0.2, 0.25) is 0 Å². The monoisotopic (exact) mass is 185 g/mol. The molecular formula is C9H19N3O. The Morgan fingerprint density at radius 2 is 2.23 bits per heavy atom. The molecule has 0 radical (unpaired) electrons. The van der Waals surface area contributed by atoms with Crippen LogP contribution in [0.25, 0.3) is 0 Å². The number of aliphatic hydroxyl groups is 1. The smallest absolute Gasteiger partial charge is 0.189 e. The van der Waals surface area contributed by atoms with Gasteiger partial charge in [-0.2, -0.15) is 0 Å². The van der Waals surface area contributed by atoms with Crippen LogP contribution in [0.5, 0.6) is 0 Å². The highest BCUT2D eigenvalue weighted by atomic mass is 16.3. The van der Waals surface area contributed by atoms with Gasteiger partial charge in [0.05, 0.1) is 6.04 Å². The van der Waals surface area contributed by atoms with Gasteiger partial charge in [0.25, 0.3) is 0 Å². The Labute approximate surface area is 79.2 Å². The molecule has 1 saturated carbocycles. The molecule has 0 aromatic rings. The highest BCUT2D eigenvalue weighted by molar-refractivity contribution is 5.78. The van der Waals surface area contributed by atoms with E-state index in [9.17, 15) is 0 Å². The van der Waals surface area contributed by atoms with Crippen LogP contribution in [-0.2, 0) is 0 Å². The minimum atomic E-state index is -0.169. The summed E-state index contributed by atoms with van der Waals surface area (Å²) >= 11 is 0. The molecular weight excluding hydrogens is 166 g/mol. The van der Waals surface area contributed by atoms with Crippen LogP contribution in [0.3, 0.4) is 0 Å². The number of nitrogens with zero attached hydrogens (tertiary/aromatic N) is 1. The Morgan fingerprint density at radius 1 is 1.62 bits per heavy atom. The first-order valence-electron chi connectivity index (χ1n) is 4.76. The molecule has 0 amide bonds. The van der Waals surface area contributed by atoms with E-state index in [0.717, 1.165) is 12.8 Å². The number of guanidine groups is 1. The minimum absolute atomic E-state index is 0.163. The molecule has 0 aromatic heterocycles. The lowest BCUT2D eigenvalue weighted by atomic mass is 10.0. The largest absolute Gasteiger partial charge is 0.396 e. The zero-order chi connectivity index (χ0) is 9.90. The van der Waals surface area contributed by atoms with Gasteiger partial charge in [-0.05, 0) is 33.1 Å². The van der Waals surface area contributed by atoms with E-state index < -0.39 is 0 Å². The molecule has 4 nitrogen and oxygen atoms in total. The van der Waals surface area contributed by atoms with Gasteiger partial charge in [0.15, 0.2) is 5.96 Å². The van der Waals surface area contributed by atoms with Crippen LogP contribution in [-0.4, -0.2) is 29.3 Å². The molecule has 0 bridgehead atoms. The fourth-order valence-corrected chi connectivity index (χ4v) is 1.12. The second kappa shape index (κ2) is 3.96. The Kier molecular flexibility index (Phi) is 3.14. The molecule has 0 unspecified atom stereocenters. The number of nitrogens with one attached hydrogen (secondary N) is 1. The lowest BCUT2D eigenvalue weighted by Crippen LogP contribution is -2.47. The van der Waals surface area contributed by atoms with Gasteiger partial charge in [0.2, 0.25) is 0 Å². The van der Waals surface area contributed by atoms with Crippen molar-refractivity contribution in [1.82, 2.24) is 5.32 Å². The van der Waals surface area contributed by atoms with E-state index in [1.165, 1.54) is 0 Å². The van der Waals surface area contributed by atoms with E-state index in [4.69, 9.17) is 10.8 Å². The van der Waals surface area contributed by atoms with Crippen molar-refractivity contribution < 1.29 is 5.11 Å². The van der Waals surface area contributed by atoms with Gasteiger partial charge in [-0.1, -0.05) is 0 Å². The van der Waals surface area contributed by atoms with Gasteiger partial charge in [0.1, 0.15) is 0 Å². The van der Waals surface area contributed by atoms with E-state index >= 15 is 0 Å². The quantitative estimate of drug-likeness (QED) is 0.433. The Balaban J connectivity index is 2.36. The first-order valence-corrected chi connectivity index (χ1v) is 4.76. The van der Waals surface area contributed by atoms with Crippen molar-refractivity contribution in [2.24, 2.45) is 10.7 Å². The van der Waals surface area contributed by atoms with Crippen LogP contribution in [0, 0.1) is 0 Å². The molecule has 1 fully saturated rings. The summed E-state index contributed by atoms with van der Waals surface area (Å²) in [5.74, 6) is 0.501. The predicted octanol–water partition coefficient (Wildman–Crippen LogP) is 0.214. The molecule has 4 N–H and O–H groups in total. The molecule has 1 rings (SSSR count). The fourth-order valence-electron chi connectivity index (χ4n) is 1.12. The van der Waals surface area contributed by atoms with Gasteiger partial charge in [-0.3, -0.25) is 4.99 Å². The van der Waals surface area contributed by atoms with Gasteiger partial charge in [-0.15, -0.1) is 0 Å². The van der Waals surface area contributed by atoms with Crippen LogP contribution in [0.4, 0.5) is 0 Å². The third kappa shape index (κ3) is 4.12. The van der Waals surface area contributed by atoms with E-state index in [2.05, 4.69) is 10.3 Å². The summed E-state index contributed by atoms with van der Waals surface area (Å²) in [4.78, 5) is 4.26. The van der Waals surface area contributed by atoms with Crippen molar-refractivity contribution in [2.75, 3.05) is 6.61 Å². The topological polar surface area (TPSA) is 70.6 Å². The van der Waals surface area contributed by atoms with Crippen molar-refractivity contribution in [3.63, 3.8) is 0 Å². The molecule has 0 spiro atoms. The Morgan fingerprint density at radius 3 is 2.69 bits per heavy atom. The maximum absolute atomic E-state index is 8.79. The average molecular weight is 185 g/mol. The summed E-state index contributed by atoms with van der Waals surface area (Å²) < 4.78 is 0. The first-order chi connectivity index (χ1) is 6.03. The number of aliphatic imine (C=N–C) groups is 1. The van der Waals surface area contributed by atoms with Crippen molar-refractivity contribution in [3.05, 3.63) is 0 Å². The summed E-state index contributed by atoms with van der Waals surface area (Å²) in [5.41, 5.74) is 5.52. The van der Waals surface area contributed by atoms with Crippen molar-refractivity contribution in [1.29, 1.82) is 0 Å². The van der Waals surface area contributed by atoms with Crippen LogP contribution >= 0.6 is 0 Å². The molecule has 1 aliphatic rings. The summed E-state index contributed by atoms with van der Waals surface area (Å²) in [6.07, 6.45) is 2.99. The Bertz CT molecular complexity index is 197. The van der Waals surface area contributed by atoms with E-state index in [-0.39, 0.29) is 12.1 Å².